The van der Waals surface area contributed by atoms with Crippen molar-refractivity contribution in [2.45, 2.75) is 118 Å². The van der Waals surface area contributed by atoms with E-state index in [1.165, 1.54) is 11.6 Å². The zero-order valence-electron chi connectivity index (χ0n) is 24.8. The third-order valence-corrected chi connectivity index (χ3v) is 6.79. The van der Waals surface area contributed by atoms with Crippen molar-refractivity contribution < 1.29 is 14.6 Å². The number of carbonyl (C=O) groups is 1. The fourth-order valence-corrected chi connectivity index (χ4v) is 4.72. The predicted octanol–water partition coefficient (Wildman–Crippen LogP) is 8.05. The Hall–Kier alpha value is -2.39. The number of rotatable bonds is 5. The Morgan fingerprint density at radius 2 is 1.28 bits per heavy atom. The molecule has 36 heavy (non-hydrogen) atoms. The van der Waals surface area contributed by atoms with Crippen molar-refractivity contribution in [3.8, 4) is 5.75 Å². The van der Waals surface area contributed by atoms with Gasteiger partial charge in [-0.25, -0.2) is 4.79 Å². The van der Waals surface area contributed by atoms with Crippen LogP contribution in [0.3, 0.4) is 0 Å². The lowest BCUT2D eigenvalue weighted by atomic mass is 9.74. The fraction of sp³-hybridized carbons (Fsp3) is 0.545. The van der Waals surface area contributed by atoms with E-state index in [1.54, 1.807) is 0 Å². The van der Waals surface area contributed by atoms with Crippen LogP contribution < -0.4 is 4.74 Å². The minimum atomic E-state index is -0.464. The number of aliphatic hydroxyl groups excluding tert-OH is 1. The van der Waals surface area contributed by atoms with E-state index in [-0.39, 0.29) is 28.3 Å². The number of benzene rings is 2. The van der Waals surface area contributed by atoms with Crippen molar-refractivity contribution >= 4 is 5.97 Å². The second-order valence-electron chi connectivity index (χ2n) is 14.1. The van der Waals surface area contributed by atoms with Gasteiger partial charge in [0.25, 0.3) is 0 Å². The van der Waals surface area contributed by atoms with Gasteiger partial charge in [-0.3, -0.25) is 0 Å². The molecule has 0 fully saturated rings. The molecule has 0 aromatic heterocycles. The van der Waals surface area contributed by atoms with Crippen LogP contribution in [0.1, 0.15) is 122 Å². The Balaban J connectivity index is 3.02. The Labute approximate surface area is 220 Å². The highest BCUT2D eigenvalue weighted by atomic mass is 16.5. The van der Waals surface area contributed by atoms with Gasteiger partial charge in [0.05, 0.1) is 6.61 Å². The molecule has 198 valence electrons. The second-order valence-corrected chi connectivity index (χ2v) is 14.1. The van der Waals surface area contributed by atoms with E-state index in [0.717, 1.165) is 33.4 Å². The van der Waals surface area contributed by atoms with E-state index in [9.17, 15) is 9.90 Å². The molecule has 0 saturated heterocycles. The quantitative estimate of drug-likeness (QED) is 0.261. The first-order chi connectivity index (χ1) is 16.2. The van der Waals surface area contributed by atoms with E-state index in [0.29, 0.717) is 12.2 Å². The first-order valence-electron chi connectivity index (χ1n) is 13.0. The topological polar surface area (TPSA) is 46.5 Å². The number of carbonyl (C=O) groups excluding carboxylic acids is 1. The molecule has 0 aliphatic rings. The molecule has 0 aliphatic heterocycles. The second kappa shape index (κ2) is 10.2. The molecule has 3 nitrogen and oxygen atoms in total. The summed E-state index contributed by atoms with van der Waals surface area (Å²) in [6.45, 7) is 29.7. The van der Waals surface area contributed by atoms with Crippen LogP contribution in [0.25, 0.3) is 0 Å². The predicted molar refractivity (Wildman–Crippen MR) is 152 cm³/mol. The van der Waals surface area contributed by atoms with Crippen molar-refractivity contribution in [2.75, 3.05) is 0 Å². The third kappa shape index (κ3) is 6.68. The van der Waals surface area contributed by atoms with E-state index in [2.05, 4.69) is 114 Å². The van der Waals surface area contributed by atoms with Crippen LogP contribution in [0.5, 0.6) is 5.75 Å². The van der Waals surface area contributed by atoms with Gasteiger partial charge in [-0.1, -0.05) is 114 Å². The maximum atomic E-state index is 12.5. The maximum Gasteiger partial charge on any atom is 0.335 e. The Morgan fingerprint density at radius 3 is 1.69 bits per heavy atom. The number of hydrogen-bond acceptors (Lipinski definition) is 3. The summed E-state index contributed by atoms with van der Waals surface area (Å²) in [5.74, 6) is 0.149. The van der Waals surface area contributed by atoms with Crippen LogP contribution in [0.4, 0.5) is 0 Å². The van der Waals surface area contributed by atoms with Crippen LogP contribution in [-0.4, -0.2) is 11.1 Å². The van der Waals surface area contributed by atoms with Gasteiger partial charge in [0.1, 0.15) is 5.75 Å². The van der Waals surface area contributed by atoms with Gasteiger partial charge in [-0.15, -0.1) is 0 Å². The normalized spacial score (nSPS) is 13.0. The molecule has 0 amide bonds. The van der Waals surface area contributed by atoms with Crippen molar-refractivity contribution in [1.82, 2.24) is 0 Å². The van der Waals surface area contributed by atoms with Gasteiger partial charge in [0.15, 0.2) is 0 Å². The summed E-state index contributed by atoms with van der Waals surface area (Å²) in [7, 11) is 0. The molecule has 0 spiro atoms. The van der Waals surface area contributed by atoms with Crippen LogP contribution in [0.15, 0.2) is 36.9 Å². The zero-order valence-corrected chi connectivity index (χ0v) is 24.8. The molecule has 0 bridgehead atoms. The standard InChI is InChI=1S/C33H48O3/c1-14-28(35)36-29-23(25(31(5,6)7)15-16-26(29)32(8,9)10)18-21-17-22(30(2,3)4)19-27(24(21)20-34)33(11,12)13/h14-17,19,34H,1,18,20H2,2-13H3. The summed E-state index contributed by atoms with van der Waals surface area (Å²) in [4.78, 5) is 12.5. The lowest BCUT2D eigenvalue weighted by Gasteiger charge is -2.32. The summed E-state index contributed by atoms with van der Waals surface area (Å²) in [6, 6.07) is 8.76. The number of ether oxygens (including phenoxy) is 1. The minimum absolute atomic E-state index is 0.0437. The molecular formula is C33H48O3. The summed E-state index contributed by atoms with van der Waals surface area (Å²) < 4.78 is 6.01. The maximum absolute atomic E-state index is 12.5. The Kier molecular flexibility index (Phi) is 8.43. The summed E-state index contributed by atoms with van der Waals surface area (Å²) in [5, 5.41) is 10.6. The number of esters is 1. The van der Waals surface area contributed by atoms with Crippen molar-refractivity contribution in [3.05, 3.63) is 75.9 Å². The molecule has 0 unspecified atom stereocenters. The molecule has 0 atom stereocenters. The first kappa shape index (κ1) is 29.8. The van der Waals surface area contributed by atoms with E-state index < -0.39 is 5.97 Å². The van der Waals surface area contributed by atoms with E-state index in [4.69, 9.17) is 4.74 Å². The highest BCUT2D eigenvalue weighted by Crippen LogP contribution is 2.42. The highest BCUT2D eigenvalue weighted by Gasteiger charge is 2.31. The van der Waals surface area contributed by atoms with Crippen molar-refractivity contribution in [3.63, 3.8) is 0 Å². The summed E-state index contributed by atoms with van der Waals surface area (Å²) >= 11 is 0. The lowest BCUT2D eigenvalue weighted by molar-refractivity contribution is -0.129. The zero-order chi connectivity index (χ0) is 27.9. The highest BCUT2D eigenvalue weighted by molar-refractivity contribution is 5.84. The smallest absolute Gasteiger partial charge is 0.335 e. The third-order valence-electron chi connectivity index (χ3n) is 6.79. The van der Waals surface area contributed by atoms with Gasteiger partial charge in [0, 0.05) is 23.6 Å². The molecule has 3 heteroatoms. The molecule has 2 aromatic rings. The molecule has 1 N–H and O–H groups in total. The monoisotopic (exact) mass is 492 g/mol. The van der Waals surface area contributed by atoms with Crippen LogP contribution in [-0.2, 0) is 39.5 Å². The lowest BCUT2D eigenvalue weighted by Crippen LogP contribution is -2.23. The van der Waals surface area contributed by atoms with E-state index in [1.807, 2.05) is 0 Å². The molecule has 0 aliphatic carbocycles. The van der Waals surface area contributed by atoms with Crippen LogP contribution >= 0.6 is 0 Å². The van der Waals surface area contributed by atoms with Crippen molar-refractivity contribution in [2.24, 2.45) is 0 Å². The average molecular weight is 493 g/mol. The average Bonchev–Trinajstić information content (AvgIpc) is 2.70. The van der Waals surface area contributed by atoms with Crippen molar-refractivity contribution in [1.29, 1.82) is 0 Å². The van der Waals surface area contributed by atoms with Gasteiger partial charge in [0.2, 0.25) is 0 Å². The van der Waals surface area contributed by atoms with E-state index >= 15 is 0 Å². The summed E-state index contributed by atoms with van der Waals surface area (Å²) in [6.07, 6.45) is 1.77. The number of aliphatic hydroxyl groups is 1. The Bertz CT molecular complexity index is 1120. The Morgan fingerprint density at radius 1 is 0.778 bits per heavy atom. The molecule has 0 heterocycles. The molecule has 2 aromatic carbocycles. The summed E-state index contributed by atoms with van der Waals surface area (Å²) in [5.41, 5.74) is 6.92. The molecule has 0 radical (unpaired) electrons. The molecule has 0 saturated carbocycles. The van der Waals surface area contributed by atoms with Gasteiger partial charge >= 0.3 is 5.97 Å². The first-order valence-corrected chi connectivity index (χ1v) is 13.0. The van der Waals surface area contributed by atoms with Crippen LogP contribution in [0.2, 0.25) is 0 Å². The van der Waals surface area contributed by atoms with Gasteiger partial charge in [-0.05, 0) is 49.5 Å². The fourth-order valence-electron chi connectivity index (χ4n) is 4.72. The molecular weight excluding hydrogens is 444 g/mol. The van der Waals surface area contributed by atoms with Gasteiger partial charge in [-0.2, -0.15) is 0 Å². The number of hydrogen-bond donors (Lipinski definition) is 1. The minimum Gasteiger partial charge on any atom is -0.423 e. The van der Waals surface area contributed by atoms with Gasteiger partial charge < -0.3 is 9.84 Å². The largest absolute Gasteiger partial charge is 0.423 e. The SMILES string of the molecule is C=CC(=O)Oc1c(C(C)(C)C)ccc(C(C)(C)C)c1Cc1cc(C(C)(C)C)cc(C(C)(C)C)c1CO. The molecule has 2 rings (SSSR count). The van der Waals surface area contributed by atoms with Crippen LogP contribution in [0, 0.1) is 0 Å².